The number of nitrogens with one attached hydrogen (secondary N) is 3. The van der Waals surface area contributed by atoms with Crippen LogP contribution in [0.4, 0.5) is 5.69 Å². The molecule has 0 aromatic heterocycles. The number of aliphatic imine (C=N–C) groups is 1. The van der Waals surface area contributed by atoms with Crippen molar-refractivity contribution in [2.45, 2.75) is 0 Å². The van der Waals surface area contributed by atoms with Crippen molar-refractivity contribution in [1.29, 1.82) is 0 Å². The molecule has 3 aliphatic heterocycles. The van der Waals surface area contributed by atoms with E-state index in [4.69, 9.17) is 3.21 Å². The van der Waals surface area contributed by atoms with Gasteiger partial charge in [0.15, 0.2) is 0 Å². The number of hydrogen-bond donors (Lipinski definition) is 3. The molecule has 3 N–H and O–H groups in total. The molecule has 4 rings (SSSR count). The molecule has 1 aromatic rings. The van der Waals surface area contributed by atoms with Crippen molar-refractivity contribution in [3.63, 3.8) is 0 Å². The number of anilines is 1. The monoisotopic (exact) mass is 407 g/mol. The van der Waals surface area contributed by atoms with E-state index in [9.17, 15) is 0 Å². The summed E-state index contributed by atoms with van der Waals surface area (Å²) >= 11 is -1.55. The number of benzene rings is 1. The molecule has 5 nitrogen and oxygen atoms in total. The van der Waals surface area contributed by atoms with Crippen molar-refractivity contribution in [3.05, 3.63) is 43.7 Å². The molecule has 114 valence electrons. The van der Waals surface area contributed by atoms with Gasteiger partial charge >= 0.3 is 137 Å². The van der Waals surface area contributed by atoms with Crippen molar-refractivity contribution in [2.24, 2.45) is 8.20 Å². The van der Waals surface area contributed by atoms with Crippen molar-refractivity contribution < 1.29 is 0 Å². The van der Waals surface area contributed by atoms with Crippen LogP contribution in [0.15, 0.2) is 46.3 Å². The third-order valence-electron chi connectivity index (χ3n) is 3.67. The predicted molar refractivity (Wildman–Crippen MR) is 102 cm³/mol. The van der Waals surface area contributed by atoms with E-state index < -0.39 is 20.1 Å². The van der Waals surface area contributed by atoms with Crippen molar-refractivity contribution >= 4 is 43.4 Å². The van der Waals surface area contributed by atoms with Gasteiger partial charge in [-0.3, -0.25) is 0 Å². The molecule has 0 aliphatic carbocycles. The normalized spacial score (nSPS) is 21.8. The summed E-state index contributed by atoms with van der Waals surface area (Å²) in [7, 11) is 0. The van der Waals surface area contributed by atoms with Gasteiger partial charge in [0, 0.05) is 0 Å². The fourth-order valence-electron chi connectivity index (χ4n) is 2.56. The first kappa shape index (κ1) is 14.0. The fourth-order valence-corrected chi connectivity index (χ4v) is 6.24. The minimum atomic E-state index is -1.55. The van der Waals surface area contributed by atoms with E-state index in [2.05, 4.69) is 55.4 Å². The van der Waals surface area contributed by atoms with Crippen LogP contribution in [-0.4, -0.2) is 38.2 Å². The zero-order chi connectivity index (χ0) is 14.8. The molecule has 4 bridgehead atoms. The molecule has 22 heavy (non-hydrogen) atoms. The van der Waals surface area contributed by atoms with Crippen LogP contribution in [0.25, 0.3) is 5.57 Å². The standard InChI is InChI=1S/C16H18IN5/c1-2-12-10-13(3-1)19-8-6-18-7-9-20-15-4-5-17-16(22-15)14(12)11-21-17/h1-5,10-11,18-19H,6-9H2,(H,20,22). The number of fused-ring (bicyclic) bond motifs is 4. The summed E-state index contributed by atoms with van der Waals surface area (Å²) in [5.74, 6) is 0.958. The summed E-state index contributed by atoms with van der Waals surface area (Å²) in [4.78, 5) is 4.63. The number of amidine groups is 1. The van der Waals surface area contributed by atoms with Gasteiger partial charge in [-0.2, -0.15) is 0 Å². The molecular weight excluding hydrogens is 389 g/mol. The van der Waals surface area contributed by atoms with Crippen LogP contribution in [0.2, 0.25) is 0 Å². The molecule has 0 saturated heterocycles. The van der Waals surface area contributed by atoms with E-state index in [1.807, 2.05) is 6.21 Å². The maximum atomic E-state index is 4.74. The average Bonchev–Trinajstić information content (AvgIpc) is 2.97. The van der Waals surface area contributed by atoms with Gasteiger partial charge in [0.2, 0.25) is 0 Å². The van der Waals surface area contributed by atoms with Crippen molar-refractivity contribution in [2.75, 3.05) is 31.5 Å². The molecule has 0 atom stereocenters. The van der Waals surface area contributed by atoms with Crippen LogP contribution in [0.3, 0.4) is 0 Å². The van der Waals surface area contributed by atoms with Gasteiger partial charge in [-0.15, -0.1) is 0 Å². The maximum absolute atomic E-state index is 4.74. The molecule has 0 unspecified atom stereocenters. The molecule has 3 heterocycles. The van der Waals surface area contributed by atoms with Crippen LogP contribution >= 0.6 is 20.1 Å². The third-order valence-corrected chi connectivity index (χ3v) is 7.54. The summed E-state index contributed by atoms with van der Waals surface area (Å²) in [6, 6.07) is 8.57. The van der Waals surface area contributed by atoms with Gasteiger partial charge in [-0.05, 0) is 0 Å². The second-order valence-electron chi connectivity index (χ2n) is 5.19. The third kappa shape index (κ3) is 2.80. The van der Waals surface area contributed by atoms with Crippen molar-refractivity contribution in [3.8, 4) is 0 Å². The van der Waals surface area contributed by atoms with Gasteiger partial charge in [0.05, 0.1) is 0 Å². The molecule has 0 spiro atoms. The Morgan fingerprint density at radius 2 is 2.14 bits per heavy atom. The Morgan fingerprint density at radius 1 is 1.14 bits per heavy atom. The van der Waals surface area contributed by atoms with Crippen LogP contribution in [0.1, 0.15) is 5.56 Å². The Kier molecular flexibility index (Phi) is 3.94. The molecule has 0 radical (unpaired) electrons. The first-order chi connectivity index (χ1) is 10.9. The summed E-state index contributed by atoms with van der Waals surface area (Å²) in [5, 5.41) is 10.4. The summed E-state index contributed by atoms with van der Waals surface area (Å²) in [5.41, 5.74) is 3.60. The summed E-state index contributed by atoms with van der Waals surface area (Å²) in [6.07, 6.45) is 4.13. The van der Waals surface area contributed by atoms with Gasteiger partial charge in [0.25, 0.3) is 0 Å². The van der Waals surface area contributed by atoms with Crippen LogP contribution in [0.5, 0.6) is 0 Å². The number of halogens is 1. The summed E-state index contributed by atoms with van der Waals surface area (Å²) < 4.78 is 8.29. The average molecular weight is 407 g/mol. The summed E-state index contributed by atoms with van der Waals surface area (Å²) in [6.45, 7) is 3.53. The van der Waals surface area contributed by atoms with Crippen LogP contribution in [-0.2, 0) is 0 Å². The Balaban J connectivity index is 1.76. The Labute approximate surface area is 137 Å². The fraction of sp³-hybridized carbons (Fsp3) is 0.250. The van der Waals surface area contributed by atoms with Crippen LogP contribution in [0, 0.1) is 0 Å². The van der Waals surface area contributed by atoms with Gasteiger partial charge < -0.3 is 0 Å². The zero-order valence-electron chi connectivity index (χ0n) is 12.1. The number of nitrogens with zero attached hydrogens (tertiary/aromatic N) is 2. The van der Waals surface area contributed by atoms with Gasteiger partial charge in [0.1, 0.15) is 0 Å². The topological polar surface area (TPSA) is 60.8 Å². The Bertz CT molecular complexity index is 704. The molecule has 1 aromatic carbocycles. The second-order valence-corrected chi connectivity index (χ2v) is 9.21. The number of rotatable bonds is 0. The van der Waals surface area contributed by atoms with Crippen LogP contribution < -0.4 is 16.0 Å². The van der Waals surface area contributed by atoms with E-state index in [0.29, 0.717) is 0 Å². The molecule has 0 saturated carbocycles. The molecular formula is C16H18IN5. The Morgan fingerprint density at radius 3 is 3.14 bits per heavy atom. The van der Waals surface area contributed by atoms with E-state index in [1.165, 1.54) is 14.8 Å². The first-order valence-corrected chi connectivity index (χ1v) is 10.7. The van der Waals surface area contributed by atoms with E-state index >= 15 is 0 Å². The van der Waals surface area contributed by atoms with Gasteiger partial charge in [-0.1, -0.05) is 0 Å². The van der Waals surface area contributed by atoms with E-state index in [0.717, 1.165) is 37.7 Å². The predicted octanol–water partition coefficient (Wildman–Crippen LogP) is 2.39. The van der Waals surface area contributed by atoms with Crippen molar-refractivity contribution in [1.82, 2.24) is 10.6 Å². The van der Waals surface area contributed by atoms with E-state index in [1.54, 1.807) is 0 Å². The molecule has 0 fully saturated rings. The number of hydrogen-bond acceptors (Lipinski definition) is 5. The Hall–Kier alpha value is -1.67. The molecule has 0 amide bonds. The van der Waals surface area contributed by atoms with Gasteiger partial charge in [-0.25, -0.2) is 0 Å². The van der Waals surface area contributed by atoms with E-state index in [-0.39, 0.29) is 0 Å². The minimum absolute atomic E-state index is 0.787. The number of allylic oxidation sites excluding steroid dienone is 1. The zero-order valence-corrected chi connectivity index (χ0v) is 14.3. The SMILES string of the molecule is C1=CI2N=CC3=C2NC1=NCCNCCNc1cccc3c1. The quantitative estimate of drug-likeness (QED) is 0.457. The second kappa shape index (κ2) is 6.21. The molecule has 3 aliphatic rings. The molecule has 6 heteroatoms. The first-order valence-electron chi connectivity index (χ1n) is 7.42.